The lowest BCUT2D eigenvalue weighted by Crippen LogP contribution is -2.32. The smallest absolute Gasteiger partial charge is 0.305 e. The van der Waals surface area contributed by atoms with Crippen LogP contribution in [0.2, 0.25) is 10.0 Å². The fourth-order valence-electron chi connectivity index (χ4n) is 1.51. The number of carbonyl (C=O) groups excluding carboxylic acids is 1. The number of amides is 1. The predicted octanol–water partition coefficient (Wildman–Crippen LogP) is 1.25. The second kappa shape index (κ2) is 8.33. The topological polar surface area (TPSA) is 113 Å². The van der Waals surface area contributed by atoms with Crippen molar-refractivity contribution in [3.63, 3.8) is 0 Å². The highest BCUT2D eigenvalue weighted by molar-refractivity contribution is 7.89. The minimum Gasteiger partial charge on any atom is -0.481 e. The maximum Gasteiger partial charge on any atom is 0.305 e. The summed E-state index contributed by atoms with van der Waals surface area (Å²) in [6.45, 7) is -0.181. The molecule has 0 aliphatic rings. The van der Waals surface area contributed by atoms with Crippen molar-refractivity contribution < 1.29 is 23.1 Å². The van der Waals surface area contributed by atoms with E-state index < -0.39 is 21.9 Å². The molecule has 0 bridgehead atoms. The summed E-state index contributed by atoms with van der Waals surface area (Å²) in [5, 5.41) is 10.7. The van der Waals surface area contributed by atoms with Gasteiger partial charge in [-0.05, 0) is 12.1 Å². The first-order chi connectivity index (χ1) is 10.2. The Morgan fingerprint density at radius 3 is 2.23 bits per heavy atom. The molecule has 1 amide bonds. The lowest BCUT2D eigenvalue weighted by atomic mass is 10.4. The number of hydrogen-bond donors (Lipinski definition) is 3. The van der Waals surface area contributed by atoms with Crippen molar-refractivity contribution in [3.05, 3.63) is 28.2 Å². The molecule has 0 aromatic heterocycles. The first-order valence-electron chi connectivity index (χ1n) is 6.16. The van der Waals surface area contributed by atoms with Gasteiger partial charge >= 0.3 is 5.97 Å². The zero-order chi connectivity index (χ0) is 16.8. The van der Waals surface area contributed by atoms with Crippen LogP contribution in [0.15, 0.2) is 23.1 Å². The zero-order valence-electron chi connectivity index (χ0n) is 11.3. The molecule has 0 spiro atoms. The third-order valence-corrected chi connectivity index (χ3v) is 4.91. The minimum atomic E-state index is -3.94. The molecule has 3 N–H and O–H groups in total. The predicted molar refractivity (Wildman–Crippen MR) is 81.5 cm³/mol. The fraction of sp³-hybridized carbons (Fsp3) is 0.333. The van der Waals surface area contributed by atoms with Gasteiger partial charge in [-0.3, -0.25) is 9.59 Å². The van der Waals surface area contributed by atoms with Gasteiger partial charge in [0.05, 0.1) is 16.5 Å². The van der Waals surface area contributed by atoms with Gasteiger partial charge in [0.25, 0.3) is 0 Å². The number of carboxylic acids is 1. The number of halogens is 2. The Morgan fingerprint density at radius 2 is 1.68 bits per heavy atom. The van der Waals surface area contributed by atoms with E-state index in [2.05, 4.69) is 10.0 Å². The summed E-state index contributed by atoms with van der Waals surface area (Å²) in [6.07, 6.45) is -0.340. The van der Waals surface area contributed by atoms with Crippen molar-refractivity contribution in [3.8, 4) is 0 Å². The van der Waals surface area contributed by atoms with Crippen molar-refractivity contribution in [1.29, 1.82) is 0 Å². The summed E-state index contributed by atoms with van der Waals surface area (Å²) in [5.41, 5.74) is 0. The summed E-state index contributed by atoms with van der Waals surface area (Å²) in [4.78, 5) is 21.4. The highest BCUT2D eigenvalue weighted by Crippen LogP contribution is 2.28. The molecule has 1 aromatic rings. The molecule has 7 nitrogen and oxygen atoms in total. The average Bonchev–Trinajstić information content (AvgIpc) is 2.37. The van der Waals surface area contributed by atoms with Crippen molar-refractivity contribution >= 4 is 45.1 Å². The van der Waals surface area contributed by atoms with Crippen LogP contribution in [0.4, 0.5) is 0 Å². The van der Waals surface area contributed by atoms with E-state index in [1.807, 2.05) is 0 Å². The Hall–Kier alpha value is -1.35. The minimum absolute atomic E-state index is 0.0166. The Bertz CT molecular complexity index is 643. The molecule has 10 heteroatoms. The molecule has 0 heterocycles. The largest absolute Gasteiger partial charge is 0.481 e. The zero-order valence-corrected chi connectivity index (χ0v) is 13.6. The fourth-order valence-corrected chi connectivity index (χ4v) is 3.68. The third-order valence-electron chi connectivity index (χ3n) is 2.49. The lowest BCUT2D eigenvalue weighted by Gasteiger charge is -2.10. The molecule has 0 radical (unpaired) electrons. The Kier molecular flexibility index (Phi) is 7.08. The SMILES string of the molecule is O=C(O)CCNC(=O)CCNS(=O)(=O)c1c(Cl)cccc1Cl. The van der Waals surface area contributed by atoms with Crippen molar-refractivity contribution in [2.75, 3.05) is 13.1 Å². The van der Waals surface area contributed by atoms with Crippen LogP contribution in [-0.4, -0.2) is 38.5 Å². The highest BCUT2D eigenvalue weighted by atomic mass is 35.5. The molecule has 0 unspecified atom stereocenters. The summed E-state index contributed by atoms with van der Waals surface area (Å²) < 4.78 is 26.4. The van der Waals surface area contributed by atoms with E-state index in [9.17, 15) is 18.0 Å². The van der Waals surface area contributed by atoms with E-state index in [0.29, 0.717) is 0 Å². The number of carbonyl (C=O) groups is 2. The van der Waals surface area contributed by atoms with E-state index >= 15 is 0 Å². The summed E-state index contributed by atoms with van der Waals surface area (Å²) in [7, 11) is -3.94. The van der Waals surface area contributed by atoms with Crippen LogP contribution in [0.5, 0.6) is 0 Å². The maximum absolute atomic E-state index is 12.1. The molecule has 0 atom stereocenters. The van der Waals surface area contributed by atoms with Gasteiger partial charge < -0.3 is 10.4 Å². The monoisotopic (exact) mass is 368 g/mol. The van der Waals surface area contributed by atoms with Gasteiger partial charge in [-0.2, -0.15) is 0 Å². The van der Waals surface area contributed by atoms with Crippen LogP contribution in [0.3, 0.4) is 0 Å². The molecule has 0 aliphatic carbocycles. The molecule has 0 aliphatic heterocycles. The first kappa shape index (κ1) is 18.7. The van der Waals surface area contributed by atoms with Crippen molar-refractivity contribution in [2.24, 2.45) is 0 Å². The Morgan fingerprint density at radius 1 is 1.09 bits per heavy atom. The highest BCUT2D eigenvalue weighted by Gasteiger charge is 2.21. The van der Waals surface area contributed by atoms with Crippen LogP contribution in [0.25, 0.3) is 0 Å². The van der Waals surface area contributed by atoms with Gasteiger partial charge in [0.2, 0.25) is 15.9 Å². The standard InChI is InChI=1S/C12H14Cl2N2O5S/c13-8-2-1-3-9(14)12(8)22(20,21)16-7-4-10(17)15-6-5-11(18)19/h1-3,16H,4-7H2,(H,15,17)(H,18,19). The number of benzene rings is 1. The van der Waals surface area contributed by atoms with Crippen LogP contribution < -0.4 is 10.0 Å². The molecule has 1 rings (SSSR count). The van der Waals surface area contributed by atoms with E-state index in [-0.39, 0.29) is 40.9 Å². The molecular weight excluding hydrogens is 355 g/mol. The molecule has 22 heavy (non-hydrogen) atoms. The number of nitrogens with one attached hydrogen (secondary N) is 2. The van der Waals surface area contributed by atoms with Crippen molar-refractivity contribution in [1.82, 2.24) is 10.0 Å². The van der Waals surface area contributed by atoms with Crippen molar-refractivity contribution in [2.45, 2.75) is 17.7 Å². The Labute approximate surface area is 137 Å². The number of carboxylic acid groups (broad SMARTS) is 1. The van der Waals surface area contributed by atoms with Crippen LogP contribution in [-0.2, 0) is 19.6 Å². The number of rotatable bonds is 8. The van der Waals surface area contributed by atoms with E-state index in [4.69, 9.17) is 28.3 Å². The van der Waals surface area contributed by atoms with Crippen LogP contribution in [0.1, 0.15) is 12.8 Å². The van der Waals surface area contributed by atoms with Crippen LogP contribution >= 0.6 is 23.2 Å². The normalized spacial score (nSPS) is 11.2. The maximum atomic E-state index is 12.1. The number of aliphatic carboxylic acids is 1. The Balaban J connectivity index is 2.53. The van der Waals surface area contributed by atoms with Gasteiger partial charge in [-0.15, -0.1) is 0 Å². The van der Waals surface area contributed by atoms with Gasteiger partial charge in [0, 0.05) is 19.5 Å². The molecule has 122 valence electrons. The van der Waals surface area contributed by atoms with Gasteiger partial charge in [0.1, 0.15) is 4.90 Å². The summed E-state index contributed by atoms with van der Waals surface area (Å²) in [6, 6.07) is 4.29. The molecule has 0 saturated carbocycles. The first-order valence-corrected chi connectivity index (χ1v) is 8.40. The van der Waals surface area contributed by atoms with E-state index in [1.54, 1.807) is 0 Å². The average molecular weight is 369 g/mol. The summed E-state index contributed by atoms with van der Waals surface area (Å²) >= 11 is 11.6. The molecule has 0 fully saturated rings. The number of sulfonamides is 1. The molecule has 0 saturated heterocycles. The number of hydrogen-bond acceptors (Lipinski definition) is 4. The third kappa shape index (κ3) is 5.80. The van der Waals surface area contributed by atoms with E-state index in [1.165, 1.54) is 18.2 Å². The van der Waals surface area contributed by atoms with Gasteiger partial charge in [0.15, 0.2) is 0 Å². The van der Waals surface area contributed by atoms with Gasteiger partial charge in [-0.25, -0.2) is 13.1 Å². The second-order valence-corrected chi connectivity index (χ2v) is 6.71. The quantitative estimate of drug-likeness (QED) is 0.639. The van der Waals surface area contributed by atoms with Gasteiger partial charge in [-0.1, -0.05) is 29.3 Å². The summed E-state index contributed by atoms with van der Waals surface area (Å²) in [5.74, 6) is -1.50. The molecule has 1 aromatic carbocycles. The van der Waals surface area contributed by atoms with Crippen LogP contribution in [0, 0.1) is 0 Å². The lowest BCUT2D eigenvalue weighted by molar-refractivity contribution is -0.136. The van der Waals surface area contributed by atoms with E-state index in [0.717, 1.165) is 0 Å². The second-order valence-electron chi connectivity index (χ2n) is 4.19. The molecular formula is C12H14Cl2N2O5S.